The van der Waals surface area contributed by atoms with E-state index in [1.54, 1.807) is 42.5 Å². The third-order valence-corrected chi connectivity index (χ3v) is 3.85. The van der Waals surface area contributed by atoms with Gasteiger partial charge in [-0.05, 0) is 49.2 Å². The SMILES string of the molecule is NC(=O)c1cccc(OCC(=O)Nc2cccc(NC(=O)C3CC3)c2)c1. The van der Waals surface area contributed by atoms with Gasteiger partial charge in [0.2, 0.25) is 11.8 Å². The van der Waals surface area contributed by atoms with E-state index < -0.39 is 5.91 Å². The molecule has 2 aromatic rings. The van der Waals surface area contributed by atoms with Crippen LogP contribution in [0.5, 0.6) is 5.75 Å². The molecule has 0 aromatic heterocycles. The molecule has 4 N–H and O–H groups in total. The van der Waals surface area contributed by atoms with E-state index in [1.807, 2.05) is 0 Å². The Bertz CT molecular complexity index is 846. The van der Waals surface area contributed by atoms with Gasteiger partial charge in [-0.1, -0.05) is 12.1 Å². The molecule has 1 saturated carbocycles. The molecule has 1 aliphatic carbocycles. The van der Waals surface area contributed by atoms with Crippen LogP contribution in [0.15, 0.2) is 48.5 Å². The van der Waals surface area contributed by atoms with E-state index in [-0.39, 0.29) is 24.3 Å². The molecule has 0 saturated heterocycles. The number of nitrogens with one attached hydrogen (secondary N) is 2. The fourth-order valence-electron chi connectivity index (χ4n) is 2.35. The van der Waals surface area contributed by atoms with Crippen molar-refractivity contribution in [1.29, 1.82) is 0 Å². The third kappa shape index (κ3) is 4.83. The van der Waals surface area contributed by atoms with Gasteiger partial charge in [-0.15, -0.1) is 0 Å². The second kappa shape index (κ2) is 7.69. The van der Waals surface area contributed by atoms with Gasteiger partial charge in [0, 0.05) is 22.9 Å². The summed E-state index contributed by atoms with van der Waals surface area (Å²) in [4.78, 5) is 35.0. The summed E-state index contributed by atoms with van der Waals surface area (Å²) in [5.41, 5.74) is 6.70. The summed E-state index contributed by atoms with van der Waals surface area (Å²) in [5, 5.41) is 5.53. The Morgan fingerprint density at radius 2 is 1.69 bits per heavy atom. The van der Waals surface area contributed by atoms with Gasteiger partial charge < -0.3 is 21.1 Å². The van der Waals surface area contributed by atoms with E-state index in [4.69, 9.17) is 10.5 Å². The Morgan fingerprint density at radius 1 is 1.00 bits per heavy atom. The molecular formula is C19H19N3O4. The van der Waals surface area contributed by atoms with Crippen molar-refractivity contribution in [3.05, 3.63) is 54.1 Å². The van der Waals surface area contributed by atoms with Gasteiger partial charge in [-0.2, -0.15) is 0 Å². The van der Waals surface area contributed by atoms with E-state index in [1.165, 1.54) is 6.07 Å². The minimum absolute atomic E-state index is 0.00569. The second-order valence-corrected chi connectivity index (χ2v) is 6.07. The summed E-state index contributed by atoms with van der Waals surface area (Å²) in [6, 6.07) is 13.2. The largest absolute Gasteiger partial charge is 0.484 e. The first-order valence-corrected chi connectivity index (χ1v) is 8.25. The van der Waals surface area contributed by atoms with Crippen molar-refractivity contribution < 1.29 is 19.1 Å². The second-order valence-electron chi connectivity index (χ2n) is 6.07. The zero-order valence-electron chi connectivity index (χ0n) is 14.0. The molecule has 0 atom stereocenters. The average molecular weight is 353 g/mol. The molecule has 7 heteroatoms. The number of nitrogens with two attached hydrogens (primary N) is 1. The maximum atomic E-state index is 12.0. The molecule has 0 unspecified atom stereocenters. The Morgan fingerprint density at radius 3 is 2.38 bits per heavy atom. The molecule has 0 heterocycles. The zero-order chi connectivity index (χ0) is 18.5. The quantitative estimate of drug-likeness (QED) is 0.708. The minimum Gasteiger partial charge on any atom is -0.484 e. The Balaban J connectivity index is 1.53. The summed E-state index contributed by atoms with van der Waals surface area (Å²) in [6.45, 7) is -0.221. The van der Waals surface area contributed by atoms with Crippen LogP contribution in [-0.4, -0.2) is 24.3 Å². The molecule has 0 aliphatic heterocycles. The van der Waals surface area contributed by atoms with Crippen LogP contribution in [0.2, 0.25) is 0 Å². The molecule has 134 valence electrons. The van der Waals surface area contributed by atoms with Crippen molar-refractivity contribution in [3.8, 4) is 5.75 Å². The van der Waals surface area contributed by atoms with E-state index in [0.29, 0.717) is 22.7 Å². The van der Waals surface area contributed by atoms with Crippen molar-refractivity contribution in [3.63, 3.8) is 0 Å². The molecule has 3 rings (SSSR count). The lowest BCUT2D eigenvalue weighted by molar-refractivity contribution is -0.118. The van der Waals surface area contributed by atoms with Crippen LogP contribution < -0.4 is 21.1 Å². The van der Waals surface area contributed by atoms with Crippen molar-refractivity contribution in [2.75, 3.05) is 17.2 Å². The van der Waals surface area contributed by atoms with Gasteiger partial charge in [0.15, 0.2) is 6.61 Å². The van der Waals surface area contributed by atoms with E-state index in [9.17, 15) is 14.4 Å². The van der Waals surface area contributed by atoms with Gasteiger partial charge in [0.1, 0.15) is 5.75 Å². The number of benzene rings is 2. The predicted octanol–water partition coefficient (Wildman–Crippen LogP) is 2.15. The van der Waals surface area contributed by atoms with Gasteiger partial charge in [0.05, 0.1) is 0 Å². The molecule has 7 nitrogen and oxygen atoms in total. The van der Waals surface area contributed by atoms with Crippen molar-refractivity contribution in [1.82, 2.24) is 0 Å². The first-order valence-electron chi connectivity index (χ1n) is 8.25. The maximum absolute atomic E-state index is 12.0. The number of ether oxygens (including phenoxy) is 1. The van der Waals surface area contributed by atoms with Crippen LogP contribution in [0, 0.1) is 5.92 Å². The number of carbonyl (C=O) groups excluding carboxylic acids is 3. The van der Waals surface area contributed by atoms with Gasteiger partial charge in [-0.3, -0.25) is 14.4 Å². The van der Waals surface area contributed by atoms with Gasteiger partial charge >= 0.3 is 0 Å². The Kier molecular flexibility index (Phi) is 5.17. The lowest BCUT2D eigenvalue weighted by atomic mass is 10.2. The molecule has 0 bridgehead atoms. The highest BCUT2D eigenvalue weighted by Crippen LogP contribution is 2.30. The maximum Gasteiger partial charge on any atom is 0.262 e. The van der Waals surface area contributed by atoms with Crippen LogP contribution in [0.4, 0.5) is 11.4 Å². The van der Waals surface area contributed by atoms with Crippen molar-refractivity contribution >= 4 is 29.1 Å². The number of primary amides is 1. The first-order chi connectivity index (χ1) is 12.5. The van der Waals surface area contributed by atoms with E-state index in [0.717, 1.165) is 12.8 Å². The zero-order valence-corrected chi connectivity index (χ0v) is 14.0. The summed E-state index contributed by atoms with van der Waals surface area (Å²) < 4.78 is 5.38. The summed E-state index contributed by atoms with van der Waals surface area (Å²) in [6.07, 6.45) is 1.85. The number of hydrogen-bond donors (Lipinski definition) is 3. The van der Waals surface area contributed by atoms with Crippen LogP contribution in [0.25, 0.3) is 0 Å². The molecule has 0 spiro atoms. The molecule has 1 aliphatic rings. The molecule has 1 fully saturated rings. The number of hydrogen-bond acceptors (Lipinski definition) is 4. The van der Waals surface area contributed by atoms with Crippen molar-refractivity contribution in [2.24, 2.45) is 11.7 Å². The molecule has 0 radical (unpaired) electrons. The highest BCUT2D eigenvalue weighted by Gasteiger charge is 2.29. The highest BCUT2D eigenvalue weighted by molar-refractivity contribution is 5.96. The smallest absolute Gasteiger partial charge is 0.262 e. The Hall–Kier alpha value is -3.35. The number of anilines is 2. The van der Waals surface area contributed by atoms with Crippen molar-refractivity contribution in [2.45, 2.75) is 12.8 Å². The fraction of sp³-hybridized carbons (Fsp3) is 0.211. The van der Waals surface area contributed by atoms with Gasteiger partial charge in [-0.25, -0.2) is 0 Å². The normalized spacial score (nSPS) is 12.9. The monoisotopic (exact) mass is 353 g/mol. The molecular weight excluding hydrogens is 334 g/mol. The summed E-state index contributed by atoms with van der Waals surface area (Å²) >= 11 is 0. The average Bonchev–Trinajstić information content (AvgIpc) is 3.46. The number of carbonyl (C=O) groups is 3. The fourth-order valence-corrected chi connectivity index (χ4v) is 2.35. The summed E-state index contributed by atoms with van der Waals surface area (Å²) in [5.74, 6) is -0.434. The van der Waals surface area contributed by atoms with E-state index in [2.05, 4.69) is 10.6 Å². The standard InChI is InChI=1S/C19H19N3O4/c20-18(24)13-3-1-6-16(9-13)26-11-17(23)21-14-4-2-5-15(10-14)22-19(25)12-7-8-12/h1-6,9-10,12H,7-8,11H2,(H2,20,24)(H,21,23)(H,22,25). The molecule has 3 amide bonds. The van der Waals surface area contributed by atoms with Crippen LogP contribution in [0.3, 0.4) is 0 Å². The third-order valence-electron chi connectivity index (χ3n) is 3.85. The summed E-state index contributed by atoms with van der Waals surface area (Å²) in [7, 11) is 0. The minimum atomic E-state index is -0.565. The number of amides is 3. The first kappa shape index (κ1) is 17.5. The Labute approximate surface area is 150 Å². The van der Waals surface area contributed by atoms with E-state index >= 15 is 0 Å². The van der Waals surface area contributed by atoms with Crippen LogP contribution >= 0.6 is 0 Å². The highest BCUT2D eigenvalue weighted by atomic mass is 16.5. The lowest BCUT2D eigenvalue weighted by Gasteiger charge is -2.10. The van der Waals surface area contributed by atoms with Crippen LogP contribution in [0.1, 0.15) is 23.2 Å². The van der Waals surface area contributed by atoms with Gasteiger partial charge in [0.25, 0.3) is 5.91 Å². The lowest BCUT2D eigenvalue weighted by Crippen LogP contribution is -2.20. The predicted molar refractivity (Wildman–Crippen MR) is 96.9 cm³/mol. The number of rotatable bonds is 7. The van der Waals surface area contributed by atoms with Crippen LogP contribution in [-0.2, 0) is 9.59 Å². The topological polar surface area (TPSA) is 111 Å². The molecule has 2 aromatic carbocycles. The molecule has 26 heavy (non-hydrogen) atoms.